The summed E-state index contributed by atoms with van der Waals surface area (Å²) in [5, 5.41) is 0. The van der Waals surface area contributed by atoms with E-state index in [0.29, 0.717) is 38.6 Å². The molecule has 0 saturated carbocycles. The van der Waals surface area contributed by atoms with Gasteiger partial charge in [-0.1, -0.05) is 13.8 Å². The minimum Gasteiger partial charge on any atom is -0.447 e. The third-order valence-corrected chi connectivity index (χ3v) is 7.33. The lowest BCUT2D eigenvalue weighted by atomic mass is 9.88. The zero-order valence-corrected chi connectivity index (χ0v) is 18.3. The Balaban J connectivity index is 1.54. The van der Waals surface area contributed by atoms with Crippen molar-refractivity contribution in [1.82, 2.24) is 19.1 Å². The zero-order valence-electron chi connectivity index (χ0n) is 17.5. The Labute approximate surface area is 176 Å². The molecule has 4 heterocycles. The lowest BCUT2D eigenvalue weighted by Gasteiger charge is -2.28. The first-order chi connectivity index (χ1) is 14.2. The summed E-state index contributed by atoms with van der Waals surface area (Å²) in [7, 11) is -3.70. The Morgan fingerprint density at radius 2 is 1.97 bits per heavy atom. The number of ether oxygens (including phenoxy) is 1. The van der Waals surface area contributed by atoms with E-state index in [1.54, 1.807) is 4.90 Å². The first-order valence-corrected chi connectivity index (χ1v) is 12.1. The van der Waals surface area contributed by atoms with E-state index in [9.17, 15) is 18.0 Å². The van der Waals surface area contributed by atoms with Crippen LogP contribution in [0.2, 0.25) is 0 Å². The molecule has 3 saturated heterocycles. The number of aromatic nitrogens is 1. The fourth-order valence-corrected chi connectivity index (χ4v) is 6.02. The van der Waals surface area contributed by atoms with Gasteiger partial charge in [0.15, 0.2) is 5.69 Å². The highest BCUT2D eigenvalue weighted by molar-refractivity contribution is 7.88. The number of morpholine rings is 1. The Bertz CT molecular complexity index is 923. The first-order valence-electron chi connectivity index (χ1n) is 10.3. The van der Waals surface area contributed by atoms with Crippen LogP contribution in [0.25, 0.3) is 0 Å². The van der Waals surface area contributed by atoms with Gasteiger partial charge in [0, 0.05) is 19.6 Å². The number of nitrogens with zero attached hydrogens (tertiary/aromatic N) is 4. The molecule has 0 aromatic carbocycles. The van der Waals surface area contributed by atoms with Crippen molar-refractivity contribution < 1.29 is 27.2 Å². The highest BCUT2D eigenvalue weighted by Crippen LogP contribution is 2.41. The van der Waals surface area contributed by atoms with Gasteiger partial charge in [0.2, 0.25) is 21.8 Å². The smallest absolute Gasteiger partial charge is 0.276 e. The van der Waals surface area contributed by atoms with Crippen LogP contribution in [-0.2, 0) is 26.1 Å². The SMILES string of the molecule is CC(C)[C@H]1C(=O)N(S(C)(=O)=O)[C@H]2CCN(C(=O)c3coc(CN4CCOCC4)n3)[C@H]12. The quantitative estimate of drug-likeness (QED) is 0.636. The molecule has 0 bridgehead atoms. The third-order valence-electron chi connectivity index (χ3n) is 6.16. The second-order valence-corrected chi connectivity index (χ2v) is 10.4. The topological polar surface area (TPSA) is 113 Å². The van der Waals surface area contributed by atoms with Crippen molar-refractivity contribution in [2.45, 2.75) is 38.9 Å². The zero-order chi connectivity index (χ0) is 21.6. The summed E-state index contributed by atoms with van der Waals surface area (Å²) in [5.74, 6) is -0.951. The molecule has 30 heavy (non-hydrogen) atoms. The van der Waals surface area contributed by atoms with Crippen LogP contribution in [0, 0.1) is 11.8 Å². The summed E-state index contributed by atoms with van der Waals surface area (Å²) >= 11 is 0. The Morgan fingerprint density at radius 3 is 2.60 bits per heavy atom. The highest BCUT2D eigenvalue weighted by atomic mass is 32.2. The summed E-state index contributed by atoms with van der Waals surface area (Å²) in [5.41, 5.74) is 0.187. The average Bonchev–Trinajstić information content (AvgIpc) is 3.35. The minimum absolute atomic E-state index is 0.0978. The van der Waals surface area contributed by atoms with E-state index in [-0.39, 0.29) is 17.5 Å². The van der Waals surface area contributed by atoms with E-state index in [1.807, 2.05) is 13.8 Å². The number of sulfonamides is 1. The van der Waals surface area contributed by atoms with E-state index in [4.69, 9.17) is 9.15 Å². The van der Waals surface area contributed by atoms with Gasteiger partial charge in [0.05, 0.1) is 44.0 Å². The molecule has 10 nitrogen and oxygen atoms in total. The van der Waals surface area contributed by atoms with Gasteiger partial charge < -0.3 is 14.1 Å². The molecule has 3 aliphatic rings. The average molecular weight is 441 g/mol. The minimum atomic E-state index is -3.70. The number of oxazole rings is 1. The van der Waals surface area contributed by atoms with E-state index in [2.05, 4.69) is 9.88 Å². The van der Waals surface area contributed by atoms with Gasteiger partial charge in [0.25, 0.3) is 5.91 Å². The summed E-state index contributed by atoms with van der Waals surface area (Å²) in [6.07, 6.45) is 2.82. The first kappa shape index (κ1) is 21.3. The molecule has 1 aromatic rings. The predicted octanol–water partition coefficient (Wildman–Crippen LogP) is 0.164. The standard InChI is InChI=1S/C19H28N4O6S/c1-12(2)16-17-14(23(19(16)25)30(3,26)27)4-5-22(17)18(24)13-11-29-15(20-13)10-21-6-8-28-9-7-21/h11-12,14,16-17H,4-10H2,1-3H3/t14-,16+,17-/m0/s1. The van der Waals surface area contributed by atoms with Crippen LogP contribution in [0.3, 0.4) is 0 Å². The largest absolute Gasteiger partial charge is 0.447 e. The van der Waals surface area contributed by atoms with Crippen molar-refractivity contribution in [3.05, 3.63) is 17.8 Å². The van der Waals surface area contributed by atoms with Crippen LogP contribution in [-0.4, -0.2) is 90.5 Å². The molecule has 166 valence electrons. The summed E-state index contributed by atoms with van der Waals surface area (Å²) < 4.78 is 36.3. The van der Waals surface area contributed by atoms with E-state index >= 15 is 0 Å². The number of rotatable bonds is 5. The predicted molar refractivity (Wildman–Crippen MR) is 106 cm³/mol. The molecule has 11 heteroatoms. The van der Waals surface area contributed by atoms with Gasteiger partial charge >= 0.3 is 0 Å². The lowest BCUT2D eigenvalue weighted by Crippen LogP contribution is -2.44. The summed E-state index contributed by atoms with van der Waals surface area (Å²) in [6.45, 7) is 7.50. The normalized spacial score (nSPS) is 27.9. The van der Waals surface area contributed by atoms with E-state index in [1.165, 1.54) is 6.26 Å². The van der Waals surface area contributed by atoms with Crippen molar-refractivity contribution in [3.63, 3.8) is 0 Å². The molecular weight excluding hydrogens is 412 g/mol. The molecule has 3 atom stereocenters. The highest BCUT2D eigenvalue weighted by Gasteiger charge is 2.58. The maximum atomic E-state index is 13.2. The van der Waals surface area contributed by atoms with Crippen molar-refractivity contribution in [1.29, 1.82) is 0 Å². The van der Waals surface area contributed by atoms with Crippen molar-refractivity contribution >= 4 is 21.8 Å². The van der Waals surface area contributed by atoms with Gasteiger partial charge in [-0.25, -0.2) is 17.7 Å². The fourth-order valence-electron chi connectivity index (χ4n) is 4.85. The van der Waals surface area contributed by atoms with Crippen molar-refractivity contribution in [2.24, 2.45) is 11.8 Å². The molecule has 0 N–H and O–H groups in total. The van der Waals surface area contributed by atoms with Gasteiger partial charge in [0.1, 0.15) is 6.26 Å². The van der Waals surface area contributed by atoms with Crippen LogP contribution < -0.4 is 0 Å². The van der Waals surface area contributed by atoms with E-state index < -0.39 is 33.9 Å². The van der Waals surface area contributed by atoms with Gasteiger partial charge in [-0.15, -0.1) is 0 Å². The monoisotopic (exact) mass is 440 g/mol. The number of carbonyl (C=O) groups excluding carboxylic acids is 2. The van der Waals surface area contributed by atoms with Crippen LogP contribution in [0.15, 0.2) is 10.7 Å². The molecule has 0 unspecified atom stereocenters. The maximum Gasteiger partial charge on any atom is 0.276 e. The van der Waals surface area contributed by atoms with Crippen LogP contribution in [0.1, 0.15) is 36.6 Å². The van der Waals surface area contributed by atoms with Crippen molar-refractivity contribution in [2.75, 3.05) is 39.1 Å². The molecule has 0 aliphatic carbocycles. The molecule has 0 radical (unpaired) electrons. The summed E-state index contributed by atoms with van der Waals surface area (Å²) in [6, 6.07) is -1.01. The van der Waals surface area contributed by atoms with E-state index in [0.717, 1.165) is 23.7 Å². The van der Waals surface area contributed by atoms with Crippen LogP contribution in [0.5, 0.6) is 0 Å². The second kappa shape index (κ2) is 7.93. The number of amides is 2. The number of likely N-dealkylation sites (tertiary alicyclic amines) is 1. The number of hydrogen-bond acceptors (Lipinski definition) is 8. The molecule has 0 spiro atoms. The molecule has 2 amide bonds. The third kappa shape index (κ3) is 3.74. The Hall–Kier alpha value is -1.98. The number of carbonyl (C=O) groups is 2. The molecule has 4 rings (SSSR count). The summed E-state index contributed by atoms with van der Waals surface area (Å²) in [4.78, 5) is 34.2. The van der Waals surface area contributed by atoms with Gasteiger partial charge in [-0.3, -0.25) is 14.5 Å². The van der Waals surface area contributed by atoms with Crippen LogP contribution in [0.4, 0.5) is 0 Å². The maximum absolute atomic E-state index is 13.2. The molecule has 3 fully saturated rings. The molecular formula is C19H28N4O6S. The molecule has 1 aromatic heterocycles. The van der Waals surface area contributed by atoms with Crippen molar-refractivity contribution in [3.8, 4) is 0 Å². The lowest BCUT2D eigenvalue weighted by molar-refractivity contribution is -0.129. The Morgan fingerprint density at radius 1 is 1.27 bits per heavy atom. The van der Waals surface area contributed by atoms with Gasteiger partial charge in [-0.2, -0.15) is 0 Å². The number of hydrogen-bond donors (Lipinski definition) is 0. The Kier molecular flexibility index (Phi) is 5.62. The fraction of sp³-hybridized carbons (Fsp3) is 0.737. The number of fused-ring (bicyclic) bond motifs is 1. The van der Waals surface area contributed by atoms with Crippen LogP contribution >= 0.6 is 0 Å². The van der Waals surface area contributed by atoms with Gasteiger partial charge in [-0.05, 0) is 12.3 Å². The second-order valence-electron chi connectivity index (χ2n) is 8.53. The molecule has 3 aliphatic heterocycles.